The van der Waals surface area contributed by atoms with Crippen LogP contribution in [0.4, 0.5) is 0 Å². The second-order valence-corrected chi connectivity index (χ2v) is 29.8. The van der Waals surface area contributed by atoms with Crippen molar-refractivity contribution in [2.45, 2.75) is 156 Å². The van der Waals surface area contributed by atoms with Crippen LogP contribution in [0.3, 0.4) is 0 Å². The van der Waals surface area contributed by atoms with Crippen molar-refractivity contribution in [1.29, 1.82) is 0 Å². The molecule has 1 aromatic heterocycles. The van der Waals surface area contributed by atoms with Crippen molar-refractivity contribution in [2.24, 2.45) is 0 Å². The van der Waals surface area contributed by atoms with E-state index < -0.39 is 18.4 Å². The Kier molecular flexibility index (Phi) is 14.1. The number of ether oxygens (including phenoxy) is 2. The number of benzene rings is 2. The monoisotopic (exact) mass is 764 g/mol. The molecule has 0 bridgehead atoms. The fraction of sp³-hybridized carbons (Fsp3) is 0.628. The number of fused-ring (bicyclic) bond motifs is 4. The summed E-state index contributed by atoms with van der Waals surface area (Å²) < 4.78 is 19.4. The van der Waals surface area contributed by atoms with E-state index in [-0.39, 0.29) is 5.41 Å². The van der Waals surface area contributed by atoms with Crippen molar-refractivity contribution in [1.82, 2.24) is 0 Å². The van der Waals surface area contributed by atoms with Gasteiger partial charge in [0.25, 0.3) is 0 Å². The summed E-state index contributed by atoms with van der Waals surface area (Å²) in [5.74, 6) is 2.25. The molecule has 1 aliphatic carbocycles. The Bertz CT molecular complexity index is 1370. The van der Waals surface area contributed by atoms with E-state index in [2.05, 4.69) is 88.4 Å². The average Bonchev–Trinajstić information content (AvgIpc) is 3.63. The number of hydrogen-bond acceptors (Lipinski definition) is 3. The Morgan fingerprint density at radius 1 is 0.596 bits per heavy atom. The van der Waals surface area contributed by atoms with Crippen LogP contribution in [0.25, 0.3) is 21.6 Å². The van der Waals surface area contributed by atoms with Crippen molar-refractivity contribution in [3.05, 3.63) is 53.6 Å². The molecule has 2 nitrogen and oxygen atoms in total. The molecule has 0 radical (unpaired) electrons. The zero-order valence-corrected chi connectivity index (χ0v) is 34.3. The van der Waals surface area contributed by atoms with Gasteiger partial charge in [0.05, 0.1) is 0 Å². The maximum atomic E-state index is 6.68. The average molecular weight is 764 g/mol. The van der Waals surface area contributed by atoms with E-state index in [1.54, 1.807) is 14.0 Å². The molecule has 1 aliphatic heterocycles. The van der Waals surface area contributed by atoms with Gasteiger partial charge >= 0.3 is 284 Å². The second-order valence-electron chi connectivity index (χ2n) is 14.7. The normalized spacial score (nSPS) is 14.7. The Balaban J connectivity index is 1.64. The first-order valence-corrected chi connectivity index (χ1v) is 28.1. The van der Waals surface area contributed by atoms with E-state index in [9.17, 15) is 0 Å². The SMILES string of the molecule is CCCCCCC1(CCCCCC)c2ccccc2-c2ccc(-c3s[c]([Sn]([CH2]CCC)([CH2]CCC)[CH2]CCC)c4c3OCCO4)cc21. The maximum absolute atomic E-state index is 6.68. The first kappa shape index (κ1) is 36.8. The topological polar surface area (TPSA) is 18.5 Å². The van der Waals surface area contributed by atoms with Crippen LogP contribution in [0.5, 0.6) is 11.5 Å². The van der Waals surface area contributed by atoms with E-state index >= 15 is 0 Å². The molecule has 2 heterocycles. The van der Waals surface area contributed by atoms with E-state index in [1.165, 1.54) is 143 Å². The molecule has 2 aliphatic rings. The molecule has 0 unspecified atom stereocenters. The molecular formula is C43H64O2SSn. The number of hydrogen-bond donors (Lipinski definition) is 0. The standard InChI is InChI=1S/C31H37O2S.3C4H9.Sn/c1-3-5-7-11-17-31(18-12-8-6-4-2)26-14-10-9-13-24(26)25-16-15-23(21-27(25)31)30-29-28(22-34-30)32-19-20-33-29;3*1-3-4-2;/h9-10,13-16,21H,3-8,11-12,17-20H2,1-2H3;3*1,3-4H2,2H3;. The third-order valence-electron chi connectivity index (χ3n) is 11.4. The quantitative estimate of drug-likeness (QED) is 0.0795. The summed E-state index contributed by atoms with van der Waals surface area (Å²) in [7, 11) is 0. The van der Waals surface area contributed by atoms with Crippen molar-refractivity contribution in [2.75, 3.05) is 13.2 Å². The summed E-state index contributed by atoms with van der Waals surface area (Å²) >= 11 is -0.647. The molecule has 0 N–H and O–H groups in total. The molecular weight excluding hydrogens is 699 g/mol. The van der Waals surface area contributed by atoms with Crippen molar-refractivity contribution in [3.8, 4) is 33.1 Å². The zero-order chi connectivity index (χ0) is 33.1. The summed E-state index contributed by atoms with van der Waals surface area (Å²) in [6.07, 6.45) is 21.0. The van der Waals surface area contributed by atoms with Crippen LogP contribution in [-0.2, 0) is 5.41 Å². The Morgan fingerprint density at radius 3 is 1.74 bits per heavy atom. The molecule has 0 saturated heterocycles. The van der Waals surface area contributed by atoms with Crippen LogP contribution in [0, 0.1) is 0 Å². The van der Waals surface area contributed by atoms with Gasteiger partial charge in [-0.2, -0.15) is 0 Å². The van der Waals surface area contributed by atoms with Crippen molar-refractivity contribution >= 4 is 32.6 Å². The first-order chi connectivity index (χ1) is 23.1. The van der Waals surface area contributed by atoms with Crippen LogP contribution in [0.1, 0.15) is 148 Å². The summed E-state index contributed by atoms with van der Waals surface area (Å²) in [5.41, 5.74) is 7.59. The zero-order valence-electron chi connectivity index (χ0n) is 30.6. The van der Waals surface area contributed by atoms with Crippen molar-refractivity contribution in [3.63, 3.8) is 0 Å². The summed E-state index contributed by atoms with van der Waals surface area (Å²) in [6.45, 7) is 13.2. The van der Waals surface area contributed by atoms with E-state index in [0.717, 1.165) is 5.75 Å². The fourth-order valence-electron chi connectivity index (χ4n) is 8.72. The molecule has 5 rings (SSSR count). The minimum absolute atomic E-state index is 0.104. The number of rotatable bonds is 21. The third kappa shape index (κ3) is 7.97. The minimum atomic E-state index is -2.76. The molecule has 0 fully saturated rings. The Hall–Kier alpha value is -1.46. The fourth-order valence-corrected chi connectivity index (χ4v) is 29.5. The molecule has 3 aromatic rings. The number of thiophene rings is 1. The van der Waals surface area contributed by atoms with Gasteiger partial charge in [0.15, 0.2) is 0 Å². The molecule has 258 valence electrons. The van der Waals surface area contributed by atoms with Gasteiger partial charge in [-0.25, -0.2) is 0 Å². The predicted octanol–water partition coefficient (Wildman–Crippen LogP) is 13.4. The molecule has 0 amide bonds. The van der Waals surface area contributed by atoms with Crippen LogP contribution in [0.15, 0.2) is 42.5 Å². The van der Waals surface area contributed by atoms with Crippen LogP contribution in [-0.4, -0.2) is 31.6 Å². The number of unbranched alkanes of at least 4 members (excludes halogenated alkanes) is 9. The molecule has 4 heteroatoms. The third-order valence-corrected chi connectivity index (χ3v) is 30.8. The molecule has 0 saturated carbocycles. The van der Waals surface area contributed by atoms with Gasteiger partial charge in [0, 0.05) is 0 Å². The van der Waals surface area contributed by atoms with Crippen LogP contribution < -0.4 is 12.4 Å². The van der Waals surface area contributed by atoms with E-state index in [4.69, 9.17) is 9.47 Å². The molecule has 0 atom stereocenters. The summed E-state index contributed by atoms with van der Waals surface area (Å²) in [5, 5.41) is 0. The van der Waals surface area contributed by atoms with Gasteiger partial charge in [0.1, 0.15) is 0 Å². The van der Waals surface area contributed by atoms with Gasteiger partial charge in [-0.15, -0.1) is 0 Å². The van der Waals surface area contributed by atoms with Crippen molar-refractivity contribution < 1.29 is 9.47 Å². The van der Waals surface area contributed by atoms with Gasteiger partial charge < -0.3 is 0 Å². The second kappa shape index (κ2) is 18.0. The summed E-state index contributed by atoms with van der Waals surface area (Å²) in [4.78, 5) is 1.35. The predicted molar refractivity (Wildman–Crippen MR) is 209 cm³/mol. The van der Waals surface area contributed by atoms with E-state index in [0.29, 0.717) is 13.2 Å². The molecule has 47 heavy (non-hydrogen) atoms. The first-order valence-electron chi connectivity index (χ1n) is 19.8. The molecule has 2 aromatic carbocycles. The van der Waals surface area contributed by atoms with Gasteiger partial charge in [-0.05, 0) is 0 Å². The Morgan fingerprint density at radius 2 is 1.15 bits per heavy atom. The van der Waals surface area contributed by atoms with Crippen LogP contribution in [0.2, 0.25) is 13.3 Å². The van der Waals surface area contributed by atoms with E-state index in [1.807, 2.05) is 0 Å². The molecule has 0 spiro atoms. The summed E-state index contributed by atoms with van der Waals surface area (Å²) in [6, 6.07) is 16.9. The van der Waals surface area contributed by atoms with Gasteiger partial charge in [-0.3, -0.25) is 0 Å². The van der Waals surface area contributed by atoms with Crippen LogP contribution >= 0.6 is 11.3 Å². The van der Waals surface area contributed by atoms with Gasteiger partial charge in [-0.1, -0.05) is 13.8 Å². The van der Waals surface area contributed by atoms with Gasteiger partial charge in [0.2, 0.25) is 0 Å². The Labute approximate surface area is 296 Å².